The van der Waals surface area contributed by atoms with E-state index in [9.17, 15) is 19.7 Å². The molecule has 1 heterocycles. The lowest BCUT2D eigenvalue weighted by Gasteiger charge is -2.37. The van der Waals surface area contributed by atoms with E-state index in [1.165, 1.54) is 41.9 Å². The van der Waals surface area contributed by atoms with Gasteiger partial charge < -0.3 is 14.5 Å². The summed E-state index contributed by atoms with van der Waals surface area (Å²) in [6.45, 7) is 7.77. The summed E-state index contributed by atoms with van der Waals surface area (Å²) in [4.78, 5) is 39.2. The molecule has 1 saturated heterocycles. The first-order valence-corrected chi connectivity index (χ1v) is 9.79. The Bertz CT molecular complexity index is 981. The number of nitro benzene ring substituents is 1. The lowest BCUT2D eigenvalue weighted by molar-refractivity contribution is -0.385. The third-order valence-corrected chi connectivity index (χ3v) is 5.60. The average molecular weight is 411 g/mol. The van der Waals surface area contributed by atoms with E-state index in [4.69, 9.17) is 4.74 Å². The molecule has 0 spiro atoms. The van der Waals surface area contributed by atoms with Crippen LogP contribution in [0.25, 0.3) is 0 Å². The van der Waals surface area contributed by atoms with Gasteiger partial charge in [-0.25, -0.2) is 4.79 Å². The fourth-order valence-electron chi connectivity index (χ4n) is 3.61. The Balaban J connectivity index is 1.55. The quantitative estimate of drug-likeness (QED) is 0.427. The minimum absolute atomic E-state index is 0.0942. The zero-order valence-corrected chi connectivity index (χ0v) is 17.4. The molecular formula is C22H25N3O5. The van der Waals surface area contributed by atoms with E-state index in [2.05, 4.69) is 30.9 Å². The maximum absolute atomic E-state index is 12.5. The smallest absolute Gasteiger partial charge is 0.339 e. The van der Waals surface area contributed by atoms with Crippen molar-refractivity contribution in [2.75, 3.05) is 37.7 Å². The number of hydrogen-bond acceptors (Lipinski definition) is 6. The number of nitrogens with zero attached hydrogens (tertiary/aromatic N) is 3. The van der Waals surface area contributed by atoms with Crippen molar-refractivity contribution in [3.8, 4) is 0 Å². The standard InChI is InChI=1S/C22H25N3O5/c1-15-6-4-8-19(16(15)2)23-10-12-24(13-11-23)21(26)14-30-22(27)18-7-5-9-20(17(18)3)25(28)29/h4-9H,10-14H2,1-3H3. The second kappa shape index (κ2) is 8.94. The van der Waals surface area contributed by atoms with Gasteiger partial charge in [0.25, 0.3) is 11.6 Å². The van der Waals surface area contributed by atoms with Crippen molar-refractivity contribution in [3.05, 3.63) is 68.8 Å². The van der Waals surface area contributed by atoms with Gasteiger partial charge in [-0.3, -0.25) is 14.9 Å². The van der Waals surface area contributed by atoms with Gasteiger partial charge in [-0.05, 0) is 44.0 Å². The van der Waals surface area contributed by atoms with Crippen LogP contribution < -0.4 is 4.90 Å². The van der Waals surface area contributed by atoms with E-state index in [-0.39, 0.29) is 29.3 Å². The average Bonchev–Trinajstić information content (AvgIpc) is 2.74. The summed E-state index contributed by atoms with van der Waals surface area (Å²) < 4.78 is 5.14. The highest BCUT2D eigenvalue weighted by Crippen LogP contribution is 2.24. The Morgan fingerprint density at radius 2 is 1.67 bits per heavy atom. The van der Waals surface area contributed by atoms with Gasteiger partial charge in [0.05, 0.1) is 10.5 Å². The van der Waals surface area contributed by atoms with Gasteiger partial charge in [-0.15, -0.1) is 0 Å². The Morgan fingerprint density at radius 1 is 1.00 bits per heavy atom. The molecule has 0 N–H and O–H groups in total. The van der Waals surface area contributed by atoms with Crippen LogP contribution in [0.2, 0.25) is 0 Å². The molecule has 1 fully saturated rings. The number of benzene rings is 2. The molecule has 0 aromatic heterocycles. The minimum atomic E-state index is -0.737. The van der Waals surface area contributed by atoms with Crippen molar-refractivity contribution in [3.63, 3.8) is 0 Å². The second-order valence-corrected chi connectivity index (χ2v) is 7.37. The fourth-order valence-corrected chi connectivity index (χ4v) is 3.61. The first-order valence-electron chi connectivity index (χ1n) is 9.79. The Labute approximate surface area is 175 Å². The highest BCUT2D eigenvalue weighted by Gasteiger charge is 2.24. The summed E-state index contributed by atoms with van der Waals surface area (Å²) >= 11 is 0. The molecule has 0 saturated carbocycles. The number of hydrogen-bond donors (Lipinski definition) is 0. The van der Waals surface area contributed by atoms with Crippen LogP contribution in [0.1, 0.15) is 27.0 Å². The van der Waals surface area contributed by atoms with Crippen LogP contribution in [0.5, 0.6) is 0 Å². The number of esters is 1. The number of anilines is 1. The number of rotatable bonds is 5. The van der Waals surface area contributed by atoms with Gasteiger partial charge in [0, 0.05) is 43.5 Å². The molecule has 30 heavy (non-hydrogen) atoms. The van der Waals surface area contributed by atoms with E-state index < -0.39 is 10.9 Å². The number of nitro groups is 1. The molecule has 3 rings (SSSR count). The first-order chi connectivity index (χ1) is 14.3. The van der Waals surface area contributed by atoms with E-state index >= 15 is 0 Å². The van der Waals surface area contributed by atoms with E-state index in [1.807, 2.05) is 6.07 Å². The molecule has 8 nitrogen and oxygen atoms in total. The number of aryl methyl sites for hydroxylation is 1. The molecule has 2 aromatic carbocycles. The molecule has 0 unspecified atom stereocenters. The molecule has 0 bridgehead atoms. The molecule has 0 aliphatic carbocycles. The van der Waals surface area contributed by atoms with Crippen molar-refractivity contribution >= 4 is 23.3 Å². The zero-order chi connectivity index (χ0) is 21.8. The summed E-state index contributed by atoms with van der Waals surface area (Å²) in [6, 6.07) is 10.4. The van der Waals surface area contributed by atoms with E-state index in [1.54, 1.807) is 4.90 Å². The predicted octanol–water partition coefficient (Wildman–Crippen LogP) is 3.03. The van der Waals surface area contributed by atoms with Crippen LogP contribution in [-0.2, 0) is 9.53 Å². The molecule has 0 radical (unpaired) electrons. The van der Waals surface area contributed by atoms with E-state index in [0.717, 1.165) is 0 Å². The number of carbonyl (C=O) groups excluding carboxylic acids is 2. The topological polar surface area (TPSA) is 93.0 Å². The van der Waals surface area contributed by atoms with Crippen molar-refractivity contribution < 1.29 is 19.2 Å². The van der Waals surface area contributed by atoms with Gasteiger partial charge in [-0.2, -0.15) is 0 Å². The highest BCUT2D eigenvalue weighted by atomic mass is 16.6. The normalized spacial score (nSPS) is 13.8. The molecule has 8 heteroatoms. The van der Waals surface area contributed by atoms with Crippen LogP contribution >= 0.6 is 0 Å². The van der Waals surface area contributed by atoms with E-state index in [0.29, 0.717) is 26.2 Å². The van der Waals surface area contributed by atoms with Gasteiger partial charge in [0.1, 0.15) is 0 Å². The number of ether oxygens (including phenoxy) is 1. The highest BCUT2D eigenvalue weighted by molar-refractivity contribution is 5.93. The Kier molecular flexibility index (Phi) is 6.34. The van der Waals surface area contributed by atoms with Gasteiger partial charge in [-0.1, -0.05) is 18.2 Å². The minimum Gasteiger partial charge on any atom is -0.452 e. The van der Waals surface area contributed by atoms with Crippen molar-refractivity contribution in [2.24, 2.45) is 0 Å². The molecule has 1 aliphatic rings. The number of amides is 1. The SMILES string of the molecule is Cc1cccc(N2CCN(C(=O)COC(=O)c3cccc([N+](=O)[O-])c3C)CC2)c1C. The van der Waals surface area contributed by atoms with Crippen LogP contribution in [0.3, 0.4) is 0 Å². The van der Waals surface area contributed by atoms with Crippen molar-refractivity contribution in [2.45, 2.75) is 20.8 Å². The predicted molar refractivity (Wildman–Crippen MR) is 113 cm³/mol. The van der Waals surface area contributed by atoms with Crippen molar-refractivity contribution in [1.29, 1.82) is 0 Å². The maximum atomic E-state index is 12.5. The summed E-state index contributed by atoms with van der Waals surface area (Å²) in [5, 5.41) is 11.0. The third kappa shape index (κ3) is 4.42. The summed E-state index contributed by atoms with van der Waals surface area (Å²) in [6.07, 6.45) is 0. The first kappa shape index (κ1) is 21.3. The molecule has 1 aliphatic heterocycles. The lowest BCUT2D eigenvalue weighted by Crippen LogP contribution is -2.50. The molecular weight excluding hydrogens is 386 g/mol. The number of carbonyl (C=O) groups is 2. The Hall–Kier alpha value is -3.42. The summed E-state index contributed by atoms with van der Waals surface area (Å²) in [5.41, 5.74) is 3.81. The van der Waals surface area contributed by atoms with Crippen LogP contribution in [-0.4, -0.2) is 54.5 Å². The van der Waals surface area contributed by atoms with Gasteiger partial charge >= 0.3 is 5.97 Å². The molecule has 2 aromatic rings. The monoisotopic (exact) mass is 411 g/mol. The lowest BCUT2D eigenvalue weighted by atomic mass is 10.1. The second-order valence-electron chi connectivity index (χ2n) is 7.37. The Morgan fingerprint density at radius 3 is 2.33 bits per heavy atom. The maximum Gasteiger partial charge on any atom is 0.339 e. The third-order valence-electron chi connectivity index (χ3n) is 5.60. The molecule has 1 amide bonds. The van der Waals surface area contributed by atoms with Crippen molar-refractivity contribution in [1.82, 2.24) is 4.90 Å². The summed E-state index contributed by atoms with van der Waals surface area (Å²) in [5.74, 6) is -1.01. The largest absolute Gasteiger partial charge is 0.452 e. The summed E-state index contributed by atoms with van der Waals surface area (Å²) in [7, 11) is 0. The van der Waals surface area contributed by atoms with Crippen LogP contribution in [0, 0.1) is 30.9 Å². The van der Waals surface area contributed by atoms with Gasteiger partial charge in [0.2, 0.25) is 0 Å². The van der Waals surface area contributed by atoms with Crippen LogP contribution in [0.15, 0.2) is 36.4 Å². The molecule has 158 valence electrons. The molecule has 0 atom stereocenters. The number of piperazine rings is 1. The fraction of sp³-hybridized carbons (Fsp3) is 0.364. The zero-order valence-electron chi connectivity index (χ0n) is 17.4. The van der Waals surface area contributed by atoms with Crippen LogP contribution in [0.4, 0.5) is 11.4 Å². The van der Waals surface area contributed by atoms with Gasteiger partial charge in [0.15, 0.2) is 6.61 Å².